The van der Waals surface area contributed by atoms with Gasteiger partial charge in [-0.2, -0.15) is 16.9 Å². The average molecular weight is 321 g/mol. The minimum absolute atomic E-state index is 0.308. The number of rotatable bonds is 6. The van der Waals surface area contributed by atoms with Crippen LogP contribution in [0, 0.1) is 5.92 Å². The maximum atomic E-state index is 10.7. The molecule has 0 amide bonds. The zero-order valence-electron chi connectivity index (χ0n) is 10.2. The number of thioether (sulfide) groups is 1. The van der Waals surface area contributed by atoms with Crippen LogP contribution in [0.5, 0.6) is 0 Å². The Labute approximate surface area is 114 Å². The molecule has 0 aliphatic rings. The van der Waals surface area contributed by atoms with Crippen LogP contribution in [-0.4, -0.2) is 26.6 Å². The first-order valence-electron chi connectivity index (χ1n) is 5.48. The van der Waals surface area contributed by atoms with E-state index in [0.717, 1.165) is 28.0 Å². The third-order valence-corrected chi connectivity index (χ3v) is 4.66. The summed E-state index contributed by atoms with van der Waals surface area (Å²) in [5.74, 6) is 0.351. The molecule has 1 aromatic heterocycles. The van der Waals surface area contributed by atoms with Crippen molar-refractivity contribution in [3.63, 3.8) is 0 Å². The van der Waals surface area contributed by atoms with Crippen molar-refractivity contribution in [3.05, 3.63) is 15.9 Å². The third-order valence-electron chi connectivity index (χ3n) is 2.53. The van der Waals surface area contributed by atoms with E-state index in [0.29, 0.717) is 5.75 Å². The number of carboxylic acid groups (broad SMARTS) is 1. The summed E-state index contributed by atoms with van der Waals surface area (Å²) in [5, 5.41) is 13.2. The molecule has 1 N–H and O–H groups in total. The standard InChI is InChI=1S/C11H17BrN2O2S/c1-4-8-10(12)9(14(3)13-8)6-17-5-7(2)11(15)16/h7H,4-6H2,1-3H3,(H,15,16). The molecule has 0 aliphatic heterocycles. The Morgan fingerprint density at radius 2 is 2.29 bits per heavy atom. The van der Waals surface area contributed by atoms with Crippen LogP contribution in [0.15, 0.2) is 4.47 Å². The predicted molar refractivity (Wildman–Crippen MR) is 73.2 cm³/mol. The molecule has 1 heterocycles. The molecule has 6 heteroatoms. The van der Waals surface area contributed by atoms with Crippen molar-refractivity contribution in [2.75, 3.05) is 5.75 Å². The number of nitrogens with zero attached hydrogens (tertiary/aromatic N) is 2. The highest BCUT2D eigenvalue weighted by molar-refractivity contribution is 9.10. The van der Waals surface area contributed by atoms with Gasteiger partial charge in [0.05, 0.1) is 21.8 Å². The highest BCUT2D eigenvalue weighted by atomic mass is 79.9. The fourth-order valence-corrected chi connectivity index (χ4v) is 3.46. The third kappa shape index (κ3) is 3.74. The monoisotopic (exact) mass is 320 g/mol. The van der Waals surface area contributed by atoms with Crippen molar-refractivity contribution in [3.8, 4) is 0 Å². The van der Waals surface area contributed by atoms with Crippen LogP contribution in [0.3, 0.4) is 0 Å². The molecule has 1 rings (SSSR count). The van der Waals surface area contributed by atoms with E-state index < -0.39 is 5.97 Å². The first kappa shape index (κ1) is 14.6. The van der Waals surface area contributed by atoms with Crippen molar-refractivity contribution >= 4 is 33.7 Å². The Morgan fingerprint density at radius 3 is 2.76 bits per heavy atom. The molecule has 1 atom stereocenters. The molecule has 0 spiro atoms. The van der Waals surface area contributed by atoms with Gasteiger partial charge < -0.3 is 5.11 Å². The summed E-state index contributed by atoms with van der Waals surface area (Å²) in [4.78, 5) is 10.7. The van der Waals surface area contributed by atoms with Crippen LogP contribution in [0.2, 0.25) is 0 Å². The number of halogens is 1. The maximum absolute atomic E-state index is 10.7. The lowest BCUT2D eigenvalue weighted by molar-refractivity contribution is -0.140. The molecule has 0 bridgehead atoms. The lowest BCUT2D eigenvalue weighted by atomic mass is 10.2. The van der Waals surface area contributed by atoms with E-state index in [1.54, 1.807) is 18.7 Å². The number of aromatic nitrogens is 2. The van der Waals surface area contributed by atoms with Crippen molar-refractivity contribution < 1.29 is 9.90 Å². The van der Waals surface area contributed by atoms with Crippen molar-refractivity contribution in [1.29, 1.82) is 0 Å². The van der Waals surface area contributed by atoms with Gasteiger partial charge in [-0.1, -0.05) is 13.8 Å². The lowest BCUT2D eigenvalue weighted by Crippen LogP contribution is -2.12. The van der Waals surface area contributed by atoms with Crippen molar-refractivity contribution in [2.45, 2.75) is 26.0 Å². The Kier molecular flexibility index (Phi) is 5.52. The van der Waals surface area contributed by atoms with Gasteiger partial charge in [-0.25, -0.2) is 0 Å². The summed E-state index contributed by atoms with van der Waals surface area (Å²) < 4.78 is 2.92. The fourth-order valence-electron chi connectivity index (χ4n) is 1.38. The van der Waals surface area contributed by atoms with E-state index in [4.69, 9.17) is 5.11 Å². The van der Waals surface area contributed by atoms with Crippen LogP contribution in [-0.2, 0) is 24.0 Å². The van der Waals surface area contributed by atoms with Crippen LogP contribution >= 0.6 is 27.7 Å². The van der Waals surface area contributed by atoms with E-state index in [1.807, 2.05) is 11.7 Å². The van der Waals surface area contributed by atoms with Gasteiger partial charge in [-0.15, -0.1) is 0 Å². The predicted octanol–water partition coefficient (Wildman–Crippen LogP) is 2.70. The molecule has 0 saturated heterocycles. The van der Waals surface area contributed by atoms with Crippen LogP contribution in [0.1, 0.15) is 25.2 Å². The van der Waals surface area contributed by atoms with Gasteiger partial charge in [0.2, 0.25) is 0 Å². The average Bonchev–Trinajstić information content (AvgIpc) is 2.55. The van der Waals surface area contributed by atoms with E-state index in [9.17, 15) is 4.79 Å². The quantitative estimate of drug-likeness (QED) is 0.875. The number of carboxylic acids is 1. The zero-order valence-corrected chi connectivity index (χ0v) is 12.6. The molecule has 17 heavy (non-hydrogen) atoms. The van der Waals surface area contributed by atoms with E-state index in [1.165, 1.54) is 0 Å². The van der Waals surface area contributed by atoms with Gasteiger partial charge >= 0.3 is 5.97 Å². The summed E-state index contributed by atoms with van der Waals surface area (Å²) in [6.45, 7) is 3.79. The van der Waals surface area contributed by atoms with Gasteiger partial charge in [0.1, 0.15) is 0 Å². The summed E-state index contributed by atoms with van der Waals surface area (Å²) >= 11 is 5.17. The molecule has 0 aromatic carbocycles. The smallest absolute Gasteiger partial charge is 0.307 e. The normalized spacial score (nSPS) is 12.7. The second-order valence-corrected chi connectivity index (χ2v) is 5.76. The zero-order chi connectivity index (χ0) is 13.0. The number of hydrogen-bond donors (Lipinski definition) is 1. The fraction of sp³-hybridized carbons (Fsp3) is 0.636. The highest BCUT2D eigenvalue weighted by Gasteiger charge is 2.14. The van der Waals surface area contributed by atoms with Gasteiger partial charge in [-0.05, 0) is 22.4 Å². The molecular formula is C11H17BrN2O2S. The second kappa shape index (κ2) is 6.44. The number of hydrogen-bond acceptors (Lipinski definition) is 3. The van der Waals surface area contributed by atoms with Crippen LogP contribution in [0.25, 0.3) is 0 Å². The molecule has 1 unspecified atom stereocenters. The summed E-state index contributed by atoms with van der Waals surface area (Å²) in [6, 6.07) is 0. The lowest BCUT2D eigenvalue weighted by Gasteiger charge is -2.06. The molecule has 1 aromatic rings. The summed E-state index contributed by atoms with van der Waals surface area (Å²) in [7, 11) is 1.92. The molecule has 0 fully saturated rings. The topological polar surface area (TPSA) is 55.1 Å². The summed E-state index contributed by atoms with van der Waals surface area (Å²) in [5.41, 5.74) is 2.17. The van der Waals surface area contributed by atoms with Gasteiger partial charge in [-0.3, -0.25) is 9.48 Å². The molecule has 0 radical (unpaired) electrons. The minimum atomic E-state index is -0.740. The molecule has 0 aliphatic carbocycles. The van der Waals surface area contributed by atoms with Gasteiger partial charge in [0.25, 0.3) is 0 Å². The Hall–Kier alpha value is -0.490. The van der Waals surface area contributed by atoms with Gasteiger partial charge in [0.15, 0.2) is 0 Å². The minimum Gasteiger partial charge on any atom is -0.481 e. The van der Waals surface area contributed by atoms with E-state index >= 15 is 0 Å². The van der Waals surface area contributed by atoms with Crippen molar-refractivity contribution in [2.24, 2.45) is 13.0 Å². The molecular weight excluding hydrogens is 304 g/mol. The molecule has 96 valence electrons. The first-order valence-corrected chi connectivity index (χ1v) is 7.42. The first-order chi connectivity index (χ1) is 7.97. The second-order valence-electron chi connectivity index (χ2n) is 3.94. The SMILES string of the molecule is CCc1nn(C)c(CSCC(C)C(=O)O)c1Br. The Bertz CT molecular complexity index is 406. The van der Waals surface area contributed by atoms with Crippen molar-refractivity contribution in [1.82, 2.24) is 9.78 Å². The largest absolute Gasteiger partial charge is 0.481 e. The van der Waals surface area contributed by atoms with Crippen LogP contribution < -0.4 is 0 Å². The Morgan fingerprint density at radius 1 is 1.65 bits per heavy atom. The highest BCUT2D eigenvalue weighted by Crippen LogP contribution is 2.26. The number of aryl methyl sites for hydroxylation is 2. The number of aliphatic carboxylic acids is 1. The number of carbonyl (C=O) groups is 1. The summed E-state index contributed by atoms with van der Waals surface area (Å²) in [6.07, 6.45) is 0.893. The van der Waals surface area contributed by atoms with E-state index in [2.05, 4.69) is 28.0 Å². The van der Waals surface area contributed by atoms with E-state index in [-0.39, 0.29) is 5.92 Å². The maximum Gasteiger partial charge on any atom is 0.307 e. The molecule has 0 saturated carbocycles. The Balaban J connectivity index is 2.58. The van der Waals surface area contributed by atoms with Gasteiger partial charge in [0, 0.05) is 18.6 Å². The van der Waals surface area contributed by atoms with Crippen LogP contribution in [0.4, 0.5) is 0 Å². The molecule has 4 nitrogen and oxygen atoms in total.